The van der Waals surface area contributed by atoms with E-state index in [0.717, 1.165) is 19.3 Å². The van der Waals surface area contributed by atoms with Crippen LogP contribution in [0.5, 0.6) is 0 Å². The zero-order valence-corrected chi connectivity index (χ0v) is 14.2. The minimum absolute atomic E-state index is 0.0896. The molecule has 1 aliphatic rings. The monoisotopic (exact) mass is 311 g/mol. The van der Waals surface area contributed by atoms with Crippen LogP contribution in [0.1, 0.15) is 59.3 Å². The fourth-order valence-electron chi connectivity index (χ4n) is 2.84. The van der Waals surface area contributed by atoms with Gasteiger partial charge in [0.05, 0.1) is 6.54 Å². The van der Waals surface area contributed by atoms with Crippen LogP contribution < -0.4 is 16.0 Å². The maximum atomic E-state index is 12.1. The predicted octanol–water partition coefficient (Wildman–Crippen LogP) is 1.10. The summed E-state index contributed by atoms with van der Waals surface area (Å²) in [5.41, 5.74) is -0.938. The number of hydrogen-bond acceptors (Lipinski definition) is 3. The first-order valence-corrected chi connectivity index (χ1v) is 7.98. The molecule has 0 unspecified atom stereocenters. The molecule has 3 N–H and O–H groups in total. The third-order valence-electron chi connectivity index (χ3n) is 3.88. The zero-order chi connectivity index (χ0) is 16.8. The minimum Gasteiger partial charge on any atom is -0.357 e. The second kappa shape index (κ2) is 7.61. The Morgan fingerprint density at radius 3 is 2.09 bits per heavy atom. The summed E-state index contributed by atoms with van der Waals surface area (Å²) in [5.74, 6) is -0.616. The fraction of sp³-hybridized carbons (Fsp3) is 0.812. The number of amides is 3. The lowest BCUT2D eigenvalue weighted by atomic mass is 9.81. The third-order valence-corrected chi connectivity index (χ3v) is 3.88. The van der Waals surface area contributed by atoms with E-state index in [1.807, 2.05) is 20.8 Å². The van der Waals surface area contributed by atoms with Crippen molar-refractivity contribution in [2.45, 2.75) is 64.8 Å². The van der Waals surface area contributed by atoms with Gasteiger partial charge in [0, 0.05) is 13.5 Å². The number of rotatable bonds is 5. The minimum atomic E-state index is -0.821. The lowest BCUT2D eigenvalue weighted by Gasteiger charge is -2.36. The summed E-state index contributed by atoms with van der Waals surface area (Å²) in [7, 11) is 1.58. The Bertz CT molecular complexity index is 421. The van der Waals surface area contributed by atoms with Gasteiger partial charge in [-0.1, -0.05) is 40.0 Å². The van der Waals surface area contributed by atoms with Gasteiger partial charge in [0.25, 0.3) is 0 Å². The van der Waals surface area contributed by atoms with Crippen LogP contribution in [-0.2, 0) is 14.4 Å². The molecule has 1 aliphatic carbocycles. The van der Waals surface area contributed by atoms with Crippen LogP contribution in [0.2, 0.25) is 0 Å². The highest BCUT2D eigenvalue weighted by molar-refractivity contribution is 5.93. The largest absolute Gasteiger partial charge is 0.357 e. The lowest BCUT2D eigenvalue weighted by Crippen LogP contribution is -2.60. The normalized spacial score (nSPS) is 17.5. The van der Waals surface area contributed by atoms with Gasteiger partial charge in [-0.2, -0.15) is 0 Å². The smallest absolute Gasteiger partial charge is 0.245 e. The van der Waals surface area contributed by atoms with Gasteiger partial charge < -0.3 is 16.0 Å². The lowest BCUT2D eigenvalue weighted by molar-refractivity contribution is -0.135. The average molecular weight is 311 g/mol. The van der Waals surface area contributed by atoms with Crippen molar-refractivity contribution in [1.82, 2.24) is 16.0 Å². The fourth-order valence-corrected chi connectivity index (χ4v) is 2.84. The van der Waals surface area contributed by atoms with Gasteiger partial charge in [-0.15, -0.1) is 0 Å². The van der Waals surface area contributed by atoms with Crippen LogP contribution in [0.25, 0.3) is 0 Å². The maximum Gasteiger partial charge on any atom is 0.245 e. The number of hydrogen-bond donors (Lipinski definition) is 3. The van der Waals surface area contributed by atoms with Gasteiger partial charge in [-0.05, 0) is 18.3 Å². The summed E-state index contributed by atoms with van der Waals surface area (Å²) in [6.45, 7) is 5.81. The molecule has 22 heavy (non-hydrogen) atoms. The molecule has 1 fully saturated rings. The predicted molar refractivity (Wildman–Crippen MR) is 85.1 cm³/mol. The van der Waals surface area contributed by atoms with E-state index in [2.05, 4.69) is 16.0 Å². The van der Waals surface area contributed by atoms with Gasteiger partial charge >= 0.3 is 0 Å². The zero-order valence-electron chi connectivity index (χ0n) is 14.2. The number of likely N-dealkylation sites (N-methyl/N-ethyl adjacent to an activating group) is 1. The molecule has 0 atom stereocenters. The van der Waals surface area contributed by atoms with E-state index in [4.69, 9.17) is 0 Å². The van der Waals surface area contributed by atoms with E-state index in [1.54, 1.807) is 7.05 Å². The molecule has 0 saturated heterocycles. The Kier molecular flexibility index (Phi) is 6.38. The molecule has 0 aromatic carbocycles. The Morgan fingerprint density at radius 1 is 1.00 bits per heavy atom. The molecule has 6 heteroatoms. The molecule has 1 rings (SSSR count). The van der Waals surface area contributed by atoms with Gasteiger partial charge in [0.2, 0.25) is 17.7 Å². The molecule has 0 aromatic rings. The molecule has 6 nitrogen and oxygen atoms in total. The van der Waals surface area contributed by atoms with Crippen molar-refractivity contribution < 1.29 is 14.4 Å². The quantitative estimate of drug-likeness (QED) is 0.710. The molecule has 0 aromatic heterocycles. The van der Waals surface area contributed by atoms with E-state index < -0.39 is 5.54 Å². The Balaban J connectivity index is 2.54. The molecule has 0 aliphatic heterocycles. The maximum absolute atomic E-state index is 12.1. The molecule has 1 saturated carbocycles. The van der Waals surface area contributed by atoms with Gasteiger partial charge in [0.1, 0.15) is 5.54 Å². The third kappa shape index (κ3) is 5.66. The Labute approximate surface area is 132 Å². The van der Waals surface area contributed by atoms with E-state index >= 15 is 0 Å². The summed E-state index contributed by atoms with van der Waals surface area (Å²) in [5, 5.41) is 8.09. The highest BCUT2D eigenvalue weighted by atomic mass is 16.2. The topological polar surface area (TPSA) is 87.3 Å². The summed E-state index contributed by atoms with van der Waals surface area (Å²) < 4.78 is 0. The van der Waals surface area contributed by atoms with Crippen molar-refractivity contribution in [3.05, 3.63) is 0 Å². The van der Waals surface area contributed by atoms with Crippen LogP contribution in [0, 0.1) is 5.41 Å². The van der Waals surface area contributed by atoms with Crippen molar-refractivity contribution in [3.8, 4) is 0 Å². The van der Waals surface area contributed by atoms with Crippen LogP contribution in [0.15, 0.2) is 0 Å². The van der Waals surface area contributed by atoms with Crippen molar-refractivity contribution in [1.29, 1.82) is 0 Å². The first-order valence-electron chi connectivity index (χ1n) is 7.98. The van der Waals surface area contributed by atoms with Crippen LogP contribution in [0.4, 0.5) is 0 Å². The Morgan fingerprint density at radius 2 is 1.59 bits per heavy atom. The summed E-state index contributed by atoms with van der Waals surface area (Å²) in [6.07, 6.45) is 4.58. The van der Waals surface area contributed by atoms with Crippen LogP contribution in [-0.4, -0.2) is 36.9 Å². The van der Waals surface area contributed by atoms with E-state index in [0.29, 0.717) is 19.3 Å². The average Bonchev–Trinajstić information content (AvgIpc) is 2.43. The van der Waals surface area contributed by atoms with Crippen molar-refractivity contribution in [2.75, 3.05) is 13.6 Å². The SMILES string of the molecule is CNC(=O)C1(NC(=O)CNC(=O)CC(C)(C)C)CCCCC1. The van der Waals surface area contributed by atoms with E-state index in [9.17, 15) is 14.4 Å². The highest BCUT2D eigenvalue weighted by Crippen LogP contribution is 2.28. The highest BCUT2D eigenvalue weighted by Gasteiger charge is 2.40. The first kappa shape index (κ1) is 18.5. The molecule has 3 amide bonds. The molecule has 0 radical (unpaired) electrons. The molecule has 0 spiro atoms. The van der Waals surface area contributed by atoms with E-state index in [1.165, 1.54) is 0 Å². The summed E-state index contributed by atoms with van der Waals surface area (Å²) in [4.78, 5) is 36.0. The molecule has 0 bridgehead atoms. The molecule has 0 heterocycles. The number of nitrogens with one attached hydrogen (secondary N) is 3. The van der Waals surface area contributed by atoms with Gasteiger partial charge in [-0.25, -0.2) is 0 Å². The molecular weight excluding hydrogens is 282 g/mol. The standard InChI is InChI=1S/C16H29N3O3/c1-15(2,3)10-12(20)18-11-13(21)19-16(14(22)17-4)8-6-5-7-9-16/h5-11H2,1-4H3,(H,17,22)(H,18,20)(H,19,21). The van der Waals surface area contributed by atoms with E-state index in [-0.39, 0.29) is 29.7 Å². The van der Waals surface area contributed by atoms with Gasteiger partial charge in [-0.3, -0.25) is 14.4 Å². The summed E-state index contributed by atoms with van der Waals surface area (Å²) >= 11 is 0. The Hall–Kier alpha value is -1.59. The second-order valence-electron chi connectivity index (χ2n) is 7.28. The summed E-state index contributed by atoms with van der Waals surface area (Å²) in [6, 6.07) is 0. The van der Waals surface area contributed by atoms with Crippen molar-refractivity contribution in [3.63, 3.8) is 0 Å². The second-order valence-corrected chi connectivity index (χ2v) is 7.28. The first-order chi connectivity index (χ1) is 10.2. The number of carbonyl (C=O) groups excluding carboxylic acids is 3. The van der Waals surface area contributed by atoms with Crippen LogP contribution in [0.3, 0.4) is 0 Å². The van der Waals surface area contributed by atoms with Gasteiger partial charge in [0.15, 0.2) is 0 Å². The molecule has 126 valence electrons. The molecular formula is C16H29N3O3. The van der Waals surface area contributed by atoms with Crippen molar-refractivity contribution >= 4 is 17.7 Å². The van der Waals surface area contributed by atoms with Crippen LogP contribution >= 0.6 is 0 Å². The van der Waals surface area contributed by atoms with Crippen molar-refractivity contribution in [2.24, 2.45) is 5.41 Å². The number of carbonyl (C=O) groups is 3.